The molecule has 0 aliphatic heterocycles. The van der Waals surface area contributed by atoms with E-state index in [4.69, 9.17) is 0 Å². The Bertz CT molecular complexity index is 500. The largest absolute Gasteiger partial charge is 0.331 e. The molecule has 3 heteroatoms. The third-order valence-electron chi connectivity index (χ3n) is 3.56. The molecule has 0 spiro atoms. The van der Waals surface area contributed by atoms with Gasteiger partial charge in [-0.3, -0.25) is 0 Å². The lowest BCUT2D eigenvalue weighted by molar-refractivity contribution is 0.644. The maximum atomic E-state index is 4.62. The maximum absolute atomic E-state index is 4.62. The molecular formula is C12H15N3. The molecule has 2 aliphatic carbocycles. The van der Waals surface area contributed by atoms with Crippen LogP contribution >= 0.6 is 0 Å². The summed E-state index contributed by atoms with van der Waals surface area (Å²) in [6, 6.07) is 2.28. The van der Waals surface area contributed by atoms with Crippen molar-refractivity contribution in [1.29, 1.82) is 0 Å². The highest BCUT2D eigenvalue weighted by Gasteiger charge is 2.27. The van der Waals surface area contributed by atoms with Gasteiger partial charge in [0.15, 0.2) is 0 Å². The first-order valence-electron chi connectivity index (χ1n) is 5.94. The number of imidazole rings is 1. The minimum Gasteiger partial charge on any atom is -0.331 e. The summed E-state index contributed by atoms with van der Waals surface area (Å²) in [4.78, 5) is 0. The monoisotopic (exact) mass is 201 g/mol. The first-order valence-corrected chi connectivity index (χ1v) is 5.94. The molecule has 3 nitrogen and oxygen atoms in total. The Morgan fingerprint density at radius 1 is 1.20 bits per heavy atom. The zero-order chi connectivity index (χ0) is 9.83. The van der Waals surface area contributed by atoms with Gasteiger partial charge in [0.1, 0.15) is 5.65 Å². The van der Waals surface area contributed by atoms with Crippen LogP contribution in [0.15, 0.2) is 18.5 Å². The standard InChI is InChI=1S/C12H15N3/c1-2-9(1)8-14-5-6-15-12(14)7-11(13-15)10-3-4-10/h5-7,9-10H,1-4,8H2. The van der Waals surface area contributed by atoms with E-state index >= 15 is 0 Å². The van der Waals surface area contributed by atoms with Gasteiger partial charge in [0.25, 0.3) is 0 Å². The fourth-order valence-corrected chi connectivity index (χ4v) is 2.26. The lowest BCUT2D eigenvalue weighted by atomic mass is 10.3. The summed E-state index contributed by atoms with van der Waals surface area (Å²) >= 11 is 0. The average Bonchev–Trinajstić information content (AvgIpc) is 3.12. The predicted octanol–water partition coefficient (Wildman–Crippen LogP) is 2.42. The van der Waals surface area contributed by atoms with Crippen LogP contribution in [0.2, 0.25) is 0 Å². The first-order chi connectivity index (χ1) is 7.40. The smallest absolute Gasteiger partial charge is 0.136 e. The van der Waals surface area contributed by atoms with Crippen molar-refractivity contribution in [3.05, 3.63) is 24.2 Å². The minimum atomic E-state index is 0.763. The van der Waals surface area contributed by atoms with Gasteiger partial charge in [0, 0.05) is 30.9 Å². The summed E-state index contributed by atoms with van der Waals surface area (Å²) in [6.07, 6.45) is 9.74. The van der Waals surface area contributed by atoms with Crippen molar-refractivity contribution in [2.24, 2.45) is 5.92 Å². The molecule has 0 amide bonds. The van der Waals surface area contributed by atoms with E-state index in [1.54, 1.807) is 0 Å². The van der Waals surface area contributed by atoms with Gasteiger partial charge in [0.2, 0.25) is 0 Å². The summed E-state index contributed by atoms with van der Waals surface area (Å²) in [7, 11) is 0. The maximum Gasteiger partial charge on any atom is 0.136 e. The van der Waals surface area contributed by atoms with Gasteiger partial charge in [-0.2, -0.15) is 5.10 Å². The van der Waals surface area contributed by atoms with E-state index in [0.717, 1.165) is 11.8 Å². The van der Waals surface area contributed by atoms with Crippen molar-refractivity contribution >= 4 is 5.65 Å². The summed E-state index contributed by atoms with van der Waals surface area (Å²) in [5.74, 6) is 1.69. The van der Waals surface area contributed by atoms with Crippen LogP contribution < -0.4 is 0 Å². The van der Waals surface area contributed by atoms with E-state index in [-0.39, 0.29) is 0 Å². The quantitative estimate of drug-likeness (QED) is 0.747. The van der Waals surface area contributed by atoms with Crippen molar-refractivity contribution in [3.63, 3.8) is 0 Å². The molecule has 4 rings (SSSR count). The van der Waals surface area contributed by atoms with E-state index < -0.39 is 0 Å². The second-order valence-electron chi connectivity index (χ2n) is 5.04. The molecule has 0 radical (unpaired) electrons. The Hall–Kier alpha value is -1.25. The normalized spacial score (nSPS) is 21.3. The average molecular weight is 201 g/mol. The fraction of sp³-hybridized carbons (Fsp3) is 0.583. The van der Waals surface area contributed by atoms with Crippen molar-refractivity contribution < 1.29 is 0 Å². The van der Waals surface area contributed by atoms with Gasteiger partial charge in [0.05, 0.1) is 5.69 Å². The predicted molar refractivity (Wildman–Crippen MR) is 57.9 cm³/mol. The zero-order valence-corrected chi connectivity index (χ0v) is 8.76. The van der Waals surface area contributed by atoms with Gasteiger partial charge in [-0.05, 0) is 31.6 Å². The Kier molecular flexibility index (Phi) is 1.41. The highest BCUT2D eigenvalue weighted by Crippen LogP contribution is 2.39. The van der Waals surface area contributed by atoms with E-state index in [0.29, 0.717) is 0 Å². The molecule has 0 N–H and O–H groups in total. The Morgan fingerprint density at radius 3 is 2.80 bits per heavy atom. The fourth-order valence-electron chi connectivity index (χ4n) is 2.26. The molecule has 15 heavy (non-hydrogen) atoms. The molecule has 0 saturated heterocycles. The van der Waals surface area contributed by atoms with Crippen LogP contribution in [-0.4, -0.2) is 14.2 Å². The van der Waals surface area contributed by atoms with E-state index in [9.17, 15) is 0 Å². The van der Waals surface area contributed by atoms with Crippen LogP contribution in [0.25, 0.3) is 5.65 Å². The van der Waals surface area contributed by atoms with Gasteiger partial charge in [-0.25, -0.2) is 4.52 Å². The van der Waals surface area contributed by atoms with E-state index in [1.807, 2.05) is 4.52 Å². The molecule has 2 fully saturated rings. The molecule has 2 aromatic rings. The summed E-state index contributed by atoms with van der Waals surface area (Å²) in [5, 5.41) is 4.62. The van der Waals surface area contributed by atoms with Crippen LogP contribution in [0.1, 0.15) is 37.3 Å². The first kappa shape index (κ1) is 7.97. The van der Waals surface area contributed by atoms with E-state index in [1.165, 1.54) is 43.6 Å². The number of rotatable bonds is 3. The molecule has 2 aliphatic rings. The third kappa shape index (κ3) is 1.29. The number of hydrogen-bond acceptors (Lipinski definition) is 1. The molecule has 0 atom stereocenters. The van der Waals surface area contributed by atoms with Crippen molar-refractivity contribution in [1.82, 2.24) is 14.2 Å². The molecule has 2 saturated carbocycles. The molecule has 78 valence electrons. The Balaban J connectivity index is 1.75. The molecular weight excluding hydrogens is 186 g/mol. The van der Waals surface area contributed by atoms with Crippen LogP contribution in [0, 0.1) is 5.92 Å². The molecule has 0 unspecified atom stereocenters. The van der Waals surface area contributed by atoms with Crippen molar-refractivity contribution in [2.45, 2.75) is 38.1 Å². The minimum absolute atomic E-state index is 0.763. The zero-order valence-electron chi connectivity index (χ0n) is 8.76. The van der Waals surface area contributed by atoms with Crippen LogP contribution in [-0.2, 0) is 6.54 Å². The summed E-state index contributed by atoms with van der Waals surface area (Å²) < 4.78 is 4.40. The SMILES string of the molecule is c1c(C2CC2)nn2ccn(CC3CC3)c12. The van der Waals surface area contributed by atoms with Gasteiger partial charge in [-0.1, -0.05) is 0 Å². The number of hydrogen-bond donors (Lipinski definition) is 0. The molecule has 0 bridgehead atoms. The lowest BCUT2D eigenvalue weighted by Crippen LogP contribution is -1.97. The molecule has 0 aromatic carbocycles. The van der Waals surface area contributed by atoms with E-state index in [2.05, 4.69) is 28.1 Å². The number of fused-ring (bicyclic) bond motifs is 1. The highest BCUT2D eigenvalue weighted by atomic mass is 15.3. The summed E-state index contributed by atoms with van der Waals surface area (Å²) in [5.41, 5.74) is 2.58. The molecule has 2 heterocycles. The Labute approximate surface area is 88.7 Å². The van der Waals surface area contributed by atoms with Crippen molar-refractivity contribution in [3.8, 4) is 0 Å². The topological polar surface area (TPSA) is 22.2 Å². The van der Waals surface area contributed by atoms with Crippen LogP contribution in [0.4, 0.5) is 0 Å². The van der Waals surface area contributed by atoms with Gasteiger partial charge < -0.3 is 4.57 Å². The second-order valence-corrected chi connectivity index (χ2v) is 5.04. The van der Waals surface area contributed by atoms with Gasteiger partial charge in [-0.15, -0.1) is 0 Å². The molecule has 2 aromatic heterocycles. The summed E-state index contributed by atoms with van der Waals surface area (Å²) in [6.45, 7) is 1.19. The highest BCUT2D eigenvalue weighted by molar-refractivity contribution is 5.43. The number of aromatic nitrogens is 3. The third-order valence-corrected chi connectivity index (χ3v) is 3.56. The van der Waals surface area contributed by atoms with Crippen LogP contribution in [0.5, 0.6) is 0 Å². The van der Waals surface area contributed by atoms with Gasteiger partial charge >= 0.3 is 0 Å². The second kappa shape index (κ2) is 2.65. The number of nitrogens with zero attached hydrogens (tertiary/aromatic N) is 3. The van der Waals surface area contributed by atoms with Crippen LogP contribution in [0.3, 0.4) is 0 Å². The Morgan fingerprint density at radius 2 is 2.07 bits per heavy atom. The van der Waals surface area contributed by atoms with Crippen molar-refractivity contribution in [2.75, 3.05) is 0 Å². The lowest BCUT2D eigenvalue weighted by Gasteiger charge is -1.99.